The normalized spacial score (nSPS) is 10.2. The van der Waals surface area contributed by atoms with Gasteiger partial charge < -0.3 is 0 Å². The van der Waals surface area contributed by atoms with Crippen molar-refractivity contribution in [1.82, 2.24) is 4.98 Å². The van der Waals surface area contributed by atoms with Crippen molar-refractivity contribution in [3.05, 3.63) is 29.1 Å². The Bertz CT molecular complexity index is 205. The van der Waals surface area contributed by atoms with E-state index in [4.69, 9.17) is 0 Å². The Morgan fingerprint density at radius 2 is 1.67 bits per heavy atom. The van der Waals surface area contributed by atoms with Crippen molar-refractivity contribution in [1.29, 1.82) is 0 Å². The molecule has 0 bridgehead atoms. The topological polar surface area (TPSA) is 12.9 Å². The first-order valence-electron chi connectivity index (χ1n) is 3.90. The van der Waals surface area contributed by atoms with Gasteiger partial charge in [0.1, 0.15) is 0 Å². The maximum atomic E-state index is 4.42. The van der Waals surface area contributed by atoms with Gasteiger partial charge in [-0.15, -0.1) is 0 Å². The molecule has 1 aromatic rings. The SMILES string of the molecule is CCc1cc(CBr)nc(CBr)c1. The smallest absolute Gasteiger partial charge is 0.0515 e. The summed E-state index contributed by atoms with van der Waals surface area (Å²) in [6.45, 7) is 2.16. The first-order valence-corrected chi connectivity index (χ1v) is 6.15. The molecule has 0 atom stereocenters. The molecular weight excluding hydrogens is 282 g/mol. The molecule has 0 aliphatic rings. The highest BCUT2D eigenvalue weighted by molar-refractivity contribution is 9.08. The molecule has 1 nitrogen and oxygen atoms in total. The summed E-state index contributed by atoms with van der Waals surface area (Å²) in [7, 11) is 0. The van der Waals surface area contributed by atoms with E-state index in [1.165, 1.54) is 5.56 Å². The Morgan fingerprint density at radius 3 is 2.00 bits per heavy atom. The predicted octanol–water partition coefficient (Wildman–Crippen LogP) is 3.43. The first kappa shape index (κ1) is 10.2. The minimum atomic E-state index is 0.834. The van der Waals surface area contributed by atoms with Crippen molar-refractivity contribution in [2.75, 3.05) is 0 Å². The number of rotatable bonds is 3. The zero-order chi connectivity index (χ0) is 8.97. The first-order chi connectivity index (χ1) is 5.80. The third kappa shape index (κ3) is 2.56. The van der Waals surface area contributed by atoms with Crippen LogP contribution in [0.3, 0.4) is 0 Å². The molecule has 0 fully saturated rings. The quantitative estimate of drug-likeness (QED) is 0.778. The Hall–Kier alpha value is 0.110. The highest BCUT2D eigenvalue weighted by atomic mass is 79.9. The highest BCUT2D eigenvalue weighted by Crippen LogP contribution is 2.11. The largest absolute Gasteiger partial charge is 0.256 e. The average molecular weight is 293 g/mol. The van der Waals surface area contributed by atoms with Gasteiger partial charge in [-0.2, -0.15) is 0 Å². The Morgan fingerprint density at radius 1 is 1.17 bits per heavy atom. The van der Waals surface area contributed by atoms with Crippen LogP contribution in [0.1, 0.15) is 23.9 Å². The summed E-state index contributed by atoms with van der Waals surface area (Å²) in [6.07, 6.45) is 1.07. The molecule has 66 valence electrons. The molecule has 0 N–H and O–H groups in total. The molecule has 0 unspecified atom stereocenters. The number of aryl methyl sites for hydroxylation is 1. The van der Waals surface area contributed by atoms with Gasteiger partial charge in [-0.25, -0.2) is 0 Å². The van der Waals surface area contributed by atoms with Gasteiger partial charge in [0, 0.05) is 10.7 Å². The number of hydrogen-bond donors (Lipinski definition) is 0. The lowest BCUT2D eigenvalue weighted by molar-refractivity contribution is 1.04. The van der Waals surface area contributed by atoms with Crippen LogP contribution < -0.4 is 0 Å². The monoisotopic (exact) mass is 291 g/mol. The van der Waals surface area contributed by atoms with E-state index in [-0.39, 0.29) is 0 Å². The van der Waals surface area contributed by atoms with E-state index < -0.39 is 0 Å². The molecule has 0 aliphatic heterocycles. The van der Waals surface area contributed by atoms with Gasteiger partial charge >= 0.3 is 0 Å². The van der Waals surface area contributed by atoms with Crippen LogP contribution in [0, 0.1) is 0 Å². The summed E-state index contributed by atoms with van der Waals surface area (Å²) in [5, 5.41) is 1.67. The second kappa shape index (κ2) is 4.97. The van der Waals surface area contributed by atoms with E-state index >= 15 is 0 Å². The number of pyridine rings is 1. The second-order valence-electron chi connectivity index (χ2n) is 2.58. The molecule has 1 heterocycles. The maximum absolute atomic E-state index is 4.42. The fourth-order valence-corrected chi connectivity index (χ4v) is 1.63. The molecule has 1 aromatic heterocycles. The fraction of sp³-hybridized carbons (Fsp3) is 0.444. The minimum Gasteiger partial charge on any atom is -0.256 e. The van der Waals surface area contributed by atoms with E-state index in [0.717, 1.165) is 28.5 Å². The third-order valence-corrected chi connectivity index (χ3v) is 2.82. The average Bonchev–Trinajstić information content (AvgIpc) is 2.16. The van der Waals surface area contributed by atoms with E-state index in [2.05, 4.69) is 55.9 Å². The summed E-state index contributed by atoms with van der Waals surface area (Å²) in [5.74, 6) is 0. The summed E-state index contributed by atoms with van der Waals surface area (Å²) >= 11 is 6.81. The summed E-state index contributed by atoms with van der Waals surface area (Å²) < 4.78 is 0. The van der Waals surface area contributed by atoms with Crippen molar-refractivity contribution in [2.24, 2.45) is 0 Å². The number of halogens is 2. The number of hydrogen-bond acceptors (Lipinski definition) is 1. The molecule has 0 aliphatic carbocycles. The molecule has 12 heavy (non-hydrogen) atoms. The lowest BCUT2D eigenvalue weighted by atomic mass is 10.1. The lowest BCUT2D eigenvalue weighted by Gasteiger charge is -2.03. The van der Waals surface area contributed by atoms with Gasteiger partial charge in [0.05, 0.1) is 11.4 Å². The standard InChI is InChI=1S/C9H11Br2N/c1-2-7-3-8(5-10)12-9(4-7)6-11/h3-4H,2,5-6H2,1H3. The zero-order valence-electron chi connectivity index (χ0n) is 6.98. The van der Waals surface area contributed by atoms with Crippen molar-refractivity contribution >= 4 is 31.9 Å². The van der Waals surface area contributed by atoms with Crippen LogP contribution in [0.15, 0.2) is 12.1 Å². The van der Waals surface area contributed by atoms with Crippen molar-refractivity contribution in [3.63, 3.8) is 0 Å². The molecule has 1 rings (SSSR count). The zero-order valence-corrected chi connectivity index (χ0v) is 10.2. The molecule has 0 aromatic carbocycles. The van der Waals surface area contributed by atoms with Crippen LogP contribution >= 0.6 is 31.9 Å². The molecular formula is C9H11Br2N. The molecule has 0 saturated carbocycles. The molecule has 0 amide bonds. The van der Waals surface area contributed by atoms with Crippen LogP contribution in [0.5, 0.6) is 0 Å². The maximum Gasteiger partial charge on any atom is 0.0515 e. The second-order valence-corrected chi connectivity index (χ2v) is 3.70. The van der Waals surface area contributed by atoms with Gasteiger partial charge in [0.25, 0.3) is 0 Å². The highest BCUT2D eigenvalue weighted by Gasteiger charge is 1.99. The minimum absolute atomic E-state index is 0.834. The molecule has 0 saturated heterocycles. The van der Waals surface area contributed by atoms with Crippen molar-refractivity contribution in [2.45, 2.75) is 24.0 Å². The van der Waals surface area contributed by atoms with E-state index in [9.17, 15) is 0 Å². The lowest BCUT2D eigenvalue weighted by Crippen LogP contribution is -1.94. The molecule has 0 spiro atoms. The van der Waals surface area contributed by atoms with Gasteiger partial charge in [-0.05, 0) is 24.1 Å². The third-order valence-electron chi connectivity index (χ3n) is 1.67. The van der Waals surface area contributed by atoms with Crippen LogP contribution in [-0.2, 0) is 17.1 Å². The van der Waals surface area contributed by atoms with Crippen LogP contribution in [0.4, 0.5) is 0 Å². The van der Waals surface area contributed by atoms with Crippen LogP contribution in [-0.4, -0.2) is 4.98 Å². The van der Waals surface area contributed by atoms with Gasteiger partial charge in [0.15, 0.2) is 0 Å². The Labute approximate surface area is 89.8 Å². The summed E-state index contributed by atoms with van der Waals surface area (Å²) in [6, 6.07) is 4.28. The summed E-state index contributed by atoms with van der Waals surface area (Å²) in [5.41, 5.74) is 3.58. The predicted molar refractivity (Wildman–Crippen MR) is 58.9 cm³/mol. The van der Waals surface area contributed by atoms with E-state index in [1.807, 2.05) is 0 Å². The van der Waals surface area contributed by atoms with E-state index in [0.29, 0.717) is 0 Å². The molecule has 3 heteroatoms. The van der Waals surface area contributed by atoms with Crippen LogP contribution in [0.25, 0.3) is 0 Å². The van der Waals surface area contributed by atoms with Crippen LogP contribution in [0.2, 0.25) is 0 Å². The number of alkyl halides is 2. The van der Waals surface area contributed by atoms with Crippen molar-refractivity contribution < 1.29 is 0 Å². The summed E-state index contributed by atoms with van der Waals surface area (Å²) in [4.78, 5) is 4.42. The Kier molecular flexibility index (Phi) is 4.22. The van der Waals surface area contributed by atoms with Gasteiger partial charge in [-0.3, -0.25) is 4.98 Å². The van der Waals surface area contributed by atoms with Gasteiger partial charge in [-0.1, -0.05) is 38.8 Å². The van der Waals surface area contributed by atoms with Crippen molar-refractivity contribution in [3.8, 4) is 0 Å². The van der Waals surface area contributed by atoms with Gasteiger partial charge in [0.2, 0.25) is 0 Å². The number of nitrogens with zero attached hydrogens (tertiary/aromatic N) is 1. The number of aromatic nitrogens is 1. The molecule has 0 radical (unpaired) electrons. The fourth-order valence-electron chi connectivity index (χ4n) is 1.06. The Balaban J connectivity index is 3.01. The van der Waals surface area contributed by atoms with E-state index in [1.54, 1.807) is 0 Å².